The first kappa shape index (κ1) is 12.2. The highest BCUT2D eigenvalue weighted by molar-refractivity contribution is 5.85. The van der Waals surface area contributed by atoms with Gasteiger partial charge in [0.1, 0.15) is 11.5 Å². The van der Waals surface area contributed by atoms with E-state index in [0.717, 1.165) is 38.5 Å². The maximum absolute atomic E-state index is 12.1. The van der Waals surface area contributed by atoms with Crippen molar-refractivity contribution in [2.45, 2.75) is 44.9 Å². The van der Waals surface area contributed by atoms with Crippen LogP contribution in [0.15, 0.2) is 23.8 Å². The van der Waals surface area contributed by atoms with Crippen LogP contribution in [0.4, 0.5) is 0 Å². The molecule has 0 aromatic heterocycles. The fourth-order valence-electron chi connectivity index (χ4n) is 4.57. The Morgan fingerprint density at radius 1 is 1.00 bits per heavy atom. The highest BCUT2D eigenvalue weighted by atomic mass is 16.3. The van der Waals surface area contributed by atoms with Crippen LogP contribution < -0.4 is 0 Å². The Kier molecular flexibility index (Phi) is 2.73. The first-order valence-corrected chi connectivity index (χ1v) is 7.81. The second-order valence-corrected chi connectivity index (χ2v) is 6.46. The second kappa shape index (κ2) is 4.47. The highest BCUT2D eigenvalue weighted by Gasteiger charge is 2.39. The Morgan fingerprint density at radius 2 is 1.90 bits per heavy atom. The number of rotatable bonds is 0. The van der Waals surface area contributed by atoms with Crippen molar-refractivity contribution in [2.75, 3.05) is 0 Å². The molecule has 1 aromatic carbocycles. The van der Waals surface area contributed by atoms with Crippen LogP contribution in [0.5, 0.6) is 5.75 Å². The Morgan fingerprint density at radius 3 is 2.80 bits per heavy atom. The lowest BCUT2D eigenvalue weighted by atomic mass is 9.63. The fourth-order valence-corrected chi connectivity index (χ4v) is 4.57. The lowest BCUT2D eigenvalue weighted by Crippen LogP contribution is -2.34. The first-order chi connectivity index (χ1) is 9.74. The average molecular weight is 268 g/mol. The minimum absolute atomic E-state index is 0.307. The number of Topliss-reactive ketones (excluding diaryl/α,β-unsaturated/α-hetero) is 1. The van der Waals surface area contributed by atoms with Crippen LogP contribution in [-0.4, -0.2) is 10.9 Å². The molecule has 2 atom stereocenters. The molecule has 2 heteroatoms. The summed E-state index contributed by atoms with van der Waals surface area (Å²) in [6.07, 6.45) is 7.24. The van der Waals surface area contributed by atoms with Crippen molar-refractivity contribution in [1.82, 2.24) is 0 Å². The Balaban J connectivity index is 1.79. The van der Waals surface area contributed by atoms with E-state index in [0.29, 0.717) is 23.4 Å². The Labute approximate surface area is 119 Å². The van der Waals surface area contributed by atoms with Crippen LogP contribution in [0.25, 0.3) is 5.57 Å². The summed E-state index contributed by atoms with van der Waals surface area (Å²) in [7, 11) is 0. The van der Waals surface area contributed by atoms with Gasteiger partial charge in [-0.15, -0.1) is 0 Å². The van der Waals surface area contributed by atoms with Gasteiger partial charge in [0.15, 0.2) is 0 Å². The maximum atomic E-state index is 12.1. The average Bonchev–Trinajstić information content (AvgIpc) is 2.46. The normalized spacial score (nSPS) is 28.7. The van der Waals surface area contributed by atoms with Gasteiger partial charge < -0.3 is 5.11 Å². The number of fused-ring (bicyclic) bond motifs is 4. The summed E-state index contributed by atoms with van der Waals surface area (Å²) in [6.45, 7) is 0. The van der Waals surface area contributed by atoms with E-state index >= 15 is 0 Å². The van der Waals surface area contributed by atoms with Gasteiger partial charge in [0.2, 0.25) is 0 Å². The van der Waals surface area contributed by atoms with Crippen molar-refractivity contribution in [1.29, 1.82) is 0 Å². The number of hydrogen-bond acceptors (Lipinski definition) is 2. The molecule has 20 heavy (non-hydrogen) atoms. The maximum Gasteiger partial charge on any atom is 0.136 e. The number of phenolic OH excluding ortho intramolecular Hbond substituents is 1. The van der Waals surface area contributed by atoms with Crippen molar-refractivity contribution >= 4 is 11.4 Å². The number of carbonyl (C=O) groups is 1. The molecule has 0 saturated heterocycles. The minimum atomic E-state index is 0.307. The van der Waals surface area contributed by atoms with Gasteiger partial charge in [0.05, 0.1) is 0 Å². The topological polar surface area (TPSA) is 37.3 Å². The molecule has 0 bridgehead atoms. The van der Waals surface area contributed by atoms with Crippen molar-refractivity contribution in [3.05, 3.63) is 34.9 Å². The molecule has 1 aromatic rings. The summed E-state index contributed by atoms with van der Waals surface area (Å²) in [4.78, 5) is 12.1. The Bertz CT molecular complexity index is 612. The van der Waals surface area contributed by atoms with E-state index < -0.39 is 0 Å². The summed E-state index contributed by atoms with van der Waals surface area (Å²) in [6, 6.07) is 5.79. The third-order valence-corrected chi connectivity index (χ3v) is 5.46. The highest BCUT2D eigenvalue weighted by Crippen LogP contribution is 2.49. The van der Waals surface area contributed by atoms with Crippen LogP contribution >= 0.6 is 0 Å². The Hall–Kier alpha value is -1.57. The molecule has 104 valence electrons. The van der Waals surface area contributed by atoms with Crippen LogP contribution in [0.3, 0.4) is 0 Å². The van der Waals surface area contributed by atoms with Gasteiger partial charge in [-0.2, -0.15) is 0 Å². The number of benzene rings is 1. The number of ketones is 1. The zero-order chi connectivity index (χ0) is 13.7. The smallest absolute Gasteiger partial charge is 0.136 e. The SMILES string of the molecule is O=C1CCCC2C3=C(CCC12)c1ccc(O)cc1CC3. The largest absolute Gasteiger partial charge is 0.508 e. The lowest BCUT2D eigenvalue weighted by Gasteiger charge is -2.40. The van der Waals surface area contributed by atoms with Crippen LogP contribution in [-0.2, 0) is 11.2 Å². The molecule has 4 rings (SSSR count). The molecule has 0 heterocycles. The quantitative estimate of drug-likeness (QED) is 0.775. The molecule has 0 spiro atoms. The zero-order valence-corrected chi connectivity index (χ0v) is 11.7. The standard InChI is InChI=1S/C18H20O2/c19-12-5-7-13-11(10-12)4-6-16-14-2-1-3-18(20)17(14)9-8-15(13)16/h5,7,10,14,17,19H,1-4,6,8-9H2. The summed E-state index contributed by atoms with van der Waals surface area (Å²) < 4.78 is 0. The number of aryl methyl sites for hydroxylation is 1. The van der Waals surface area contributed by atoms with Crippen LogP contribution in [0.2, 0.25) is 0 Å². The third kappa shape index (κ3) is 1.74. The van der Waals surface area contributed by atoms with Crippen molar-refractivity contribution < 1.29 is 9.90 Å². The molecule has 1 saturated carbocycles. The first-order valence-electron chi connectivity index (χ1n) is 7.81. The van der Waals surface area contributed by atoms with E-state index in [9.17, 15) is 9.90 Å². The van der Waals surface area contributed by atoms with E-state index in [1.807, 2.05) is 6.07 Å². The molecule has 0 aliphatic heterocycles. The minimum Gasteiger partial charge on any atom is -0.508 e. The fraction of sp³-hybridized carbons (Fsp3) is 0.500. The summed E-state index contributed by atoms with van der Waals surface area (Å²) in [5.74, 6) is 1.70. The third-order valence-electron chi connectivity index (χ3n) is 5.46. The molecule has 0 amide bonds. The van der Waals surface area contributed by atoms with Gasteiger partial charge in [-0.25, -0.2) is 0 Å². The molecule has 1 fully saturated rings. The van der Waals surface area contributed by atoms with Gasteiger partial charge in [-0.05, 0) is 73.3 Å². The molecular weight excluding hydrogens is 248 g/mol. The van der Waals surface area contributed by atoms with Gasteiger partial charge in [0, 0.05) is 12.3 Å². The molecule has 3 aliphatic carbocycles. The lowest BCUT2D eigenvalue weighted by molar-refractivity contribution is -0.126. The van der Waals surface area contributed by atoms with E-state index in [4.69, 9.17) is 0 Å². The predicted octanol–water partition coefficient (Wildman–Crippen LogP) is 3.87. The van der Waals surface area contributed by atoms with Crippen LogP contribution in [0, 0.1) is 11.8 Å². The van der Waals surface area contributed by atoms with Crippen molar-refractivity contribution in [2.24, 2.45) is 11.8 Å². The number of allylic oxidation sites excluding steroid dienone is 2. The second-order valence-electron chi connectivity index (χ2n) is 6.46. The summed E-state index contributed by atoms with van der Waals surface area (Å²) >= 11 is 0. The molecular formula is C18H20O2. The van der Waals surface area contributed by atoms with E-state index in [1.165, 1.54) is 23.1 Å². The van der Waals surface area contributed by atoms with Gasteiger partial charge in [-0.1, -0.05) is 11.6 Å². The van der Waals surface area contributed by atoms with Gasteiger partial charge in [-0.3, -0.25) is 4.79 Å². The van der Waals surface area contributed by atoms with E-state index in [-0.39, 0.29) is 0 Å². The van der Waals surface area contributed by atoms with E-state index in [2.05, 4.69) is 6.07 Å². The predicted molar refractivity (Wildman–Crippen MR) is 78.4 cm³/mol. The number of carbonyl (C=O) groups excluding carboxylic acids is 1. The summed E-state index contributed by atoms with van der Waals surface area (Å²) in [5.41, 5.74) is 5.67. The molecule has 2 unspecified atom stereocenters. The number of aromatic hydroxyl groups is 1. The van der Waals surface area contributed by atoms with Crippen molar-refractivity contribution in [3.63, 3.8) is 0 Å². The molecule has 3 aliphatic rings. The summed E-state index contributed by atoms with van der Waals surface area (Å²) in [5, 5.41) is 9.65. The molecule has 1 N–H and O–H groups in total. The van der Waals surface area contributed by atoms with Crippen molar-refractivity contribution in [3.8, 4) is 5.75 Å². The number of phenols is 1. The van der Waals surface area contributed by atoms with E-state index in [1.54, 1.807) is 11.6 Å². The zero-order valence-electron chi connectivity index (χ0n) is 11.7. The molecule has 2 nitrogen and oxygen atoms in total. The van der Waals surface area contributed by atoms with Gasteiger partial charge >= 0.3 is 0 Å². The van der Waals surface area contributed by atoms with Gasteiger partial charge in [0.25, 0.3) is 0 Å². The molecule has 0 radical (unpaired) electrons. The monoisotopic (exact) mass is 268 g/mol. The van der Waals surface area contributed by atoms with Crippen LogP contribution in [0.1, 0.15) is 49.7 Å². The number of hydrogen-bond donors (Lipinski definition) is 1.